The summed E-state index contributed by atoms with van der Waals surface area (Å²) in [5.41, 5.74) is -0.249. The molecule has 0 aliphatic carbocycles. The molecule has 2 amide bonds. The van der Waals surface area contributed by atoms with E-state index in [9.17, 15) is 40.3 Å². The molecule has 1 aliphatic rings. The fourth-order valence-corrected chi connectivity index (χ4v) is 4.99. The van der Waals surface area contributed by atoms with Gasteiger partial charge >= 0.3 is 18.3 Å². The van der Waals surface area contributed by atoms with Gasteiger partial charge in [0.2, 0.25) is 0 Å². The van der Waals surface area contributed by atoms with Crippen molar-refractivity contribution in [3.8, 4) is 0 Å². The number of alkyl halides is 6. The lowest BCUT2D eigenvalue weighted by Crippen LogP contribution is -2.38. The zero-order valence-electron chi connectivity index (χ0n) is 21.3. The summed E-state index contributed by atoms with van der Waals surface area (Å²) in [6.45, 7) is 0.289. The van der Waals surface area contributed by atoms with E-state index in [1.807, 2.05) is 0 Å². The Balaban J connectivity index is 1.53. The van der Waals surface area contributed by atoms with Crippen LogP contribution in [0.25, 0.3) is 10.9 Å². The van der Waals surface area contributed by atoms with Gasteiger partial charge in [0, 0.05) is 50.4 Å². The number of rotatable bonds is 7. The lowest BCUT2D eigenvalue weighted by atomic mass is 9.88. The van der Waals surface area contributed by atoms with E-state index in [0.717, 1.165) is 12.1 Å². The van der Waals surface area contributed by atoms with Crippen molar-refractivity contribution >= 4 is 22.7 Å². The maximum Gasteiger partial charge on any atom is 0.471 e. The van der Waals surface area contributed by atoms with Crippen LogP contribution in [-0.2, 0) is 28.8 Å². The number of amides is 2. The number of piperidine rings is 1. The Bertz CT molecular complexity index is 1390. The Labute approximate surface area is 224 Å². The molecule has 0 spiro atoms. The standard InChI is InChI=1S/C27H26F7N3O3/c1-40-12-11-37-15-19(23-20(26(29,30)31)3-2-4-22(23)37)24(38)36-9-7-17(8-10-36)18-13-16(5-6-21(18)28)14-35-25(39)27(32,33)34/h2-6,13,15,17H,7-12,14H2,1H3,(H,35,39). The molecule has 2 aromatic carbocycles. The average Bonchev–Trinajstić information content (AvgIpc) is 3.28. The lowest BCUT2D eigenvalue weighted by Gasteiger charge is -2.32. The van der Waals surface area contributed by atoms with Gasteiger partial charge in [-0.1, -0.05) is 18.2 Å². The summed E-state index contributed by atoms with van der Waals surface area (Å²) in [7, 11) is 1.46. The van der Waals surface area contributed by atoms with Crippen LogP contribution in [-0.4, -0.2) is 54.3 Å². The molecule has 4 rings (SSSR count). The van der Waals surface area contributed by atoms with Crippen LogP contribution >= 0.6 is 0 Å². The van der Waals surface area contributed by atoms with Crippen molar-refractivity contribution < 1.29 is 45.1 Å². The minimum atomic E-state index is -5.04. The molecular weight excluding hydrogens is 547 g/mol. The predicted octanol–water partition coefficient (Wildman–Crippen LogP) is 5.64. The molecule has 6 nitrogen and oxygen atoms in total. The average molecular weight is 574 g/mol. The molecule has 1 N–H and O–H groups in total. The Morgan fingerprint density at radius 1 is 1.05 bits per heavy atom. The quantitative estimate of drug-likeness (QED) is 0.372. The number of carbonyl (C=O) groups is 2. The second-order valence-electron chi connectivity index (χ2n) is 9.53. The van der Waals surface area contributed by atoms with Gasteiger partial charge in [-0.15, -0.1) is 0 Å². The number of methoxy groups -OCH3 is 1. The molecule has 13 heteroatoms. The number of halogens is 7. The molecule has 40 heavy (non-hydrogen) atoms. The highest BCUT2D eigenvalue weighted by Gasteiger charge is 2.38. The molecule has 0 bridgehead atoms. The van der Waals surface area contributed by atoms with Crippen molar-refractivity contribution in [1.29, 1.82) is 0 Å². The van der Waals surface area contributed by atoms with E-state index in [1.54, 1.807) is 9.88 Å². The Morgan fingerprint density at radius 3 is 2.38 bits per heavy atom. The van der Waals surface area contributed by atoms with Crippen LogP contribution in [0.5, 0.6) is 0 Å². The van der Waals surface area contributed by atoms with Crippen molar-refractivity contribution in [3.63, 3.8) is 0 Å². The van der Waals surface area contributed by atoms with E-state index in [2.05, 4.69) is 0 Å². The molecule has 1 fully saturated rings. The van der Waals surface area contributed by atoms with Crippen molar-refractivity contribution in [2.75, 3.05) is 26.8 Å². The highest BCUT2D eigenvalue weighted by Crippen LogP contribution is 2.38. The maximum absolute atomic E-state index is 14.6. The van der Waals surface area contributed by atoms with E-state index in [4.69, 9.17) is 4.74 Å². The number of likely N-dealkylation sites (tertiary alicyclic amines) is 1. The van der Waals surface area contributed by atoms with E-state index in [1.165, 1.54) is 42.5 Å². The van der Waals surface area contributed by atoms with E-state index >= 15 is 0 Å². The number of fused-ring (bicyclic) bond motifs is 1. The normalized spacial score (nSPS) is 15.1. The summed E-state index contributed by atoms with van der Waals surface area (Å²) >= 11 is 0. The largest absolute Gasteiger partial charge is 0.471 e. The molecule has 3 aromatic rings. The van der Waals surface area contributed by atoms with Crippen LogP contribution < -0.4 is 5.32 Å². The van der Waals surface area contributed by atoms with Gasteiger partial charge in [0.25, 0.3) is 5.91 Å². The highest BCUT2D eigenvalue weighted by molar-refractivity contribution is 6.08. The molecule has 1 aromatic heterocycles. The number of nitrogens with zero attached hydrogens (tertiary/aromatic N) is 2. The molecule has 0 radical (unpaired) electrons. The second kappa shape index (κ2) is 11.5. The molecule has 2 heterocycles. The number of hydrogen-bond acceptors (Lipinski definition) is 3. The maximum atomic E-state index is 14.6. The van der Waals surface area contributed by atoms with Crippen molar-refractivity contribution in [2.24, 2.45) is 0 Å². The number of benzene rings is 2. The van der Waals surface area contributed by atoms with Gasteiger partial charge in [-0.25, -0.2) is 4.39 Å². The number of ether oxygens (including phenoxy) is 1. The number of aromatic nitrogens is 1. The van der Waals surface area contributed by atoms with Gasteiger partial charge in [0.1, 0.15) is 5.82 Å². The second-order valence-corrected chi connectivity index (χ2v) is 9.53. The Hall–Kier alpha value is -3.61. The minimum Gasteiger partial charge on any atom is -0.383 e. The zero-order chi connectivity index (χ0) is 29.2. The third-order valence-electron chi connectivity index (χ3n) is 6.97. The zero-order valence-corrected chi connectivity index (χ0v) is 21.3. The van der Waals surface area contributed by atoms with Crippen LogP contribution in [0.15, 0.2) is 42.6 Å². The summed E-state index contributed by atoms with van der Waals surface area (Å²) in [5.74, 6) is -3.65. The molecule has 1 saturated heterocycles. The van der Waals surface area contributed by atoms with Gasteiger partial charge in [0.05, 0.1) is 17.7 Å². The lowest BCUT2D eigenvalue weighted by molar-refractivity contribution is -0.173. The molecule has 0 unspecified atom stereocenters. The molecular formula is C27H26F7N3O3. The number of nitrogens with one attached hydrogen (secondary N) is 1. The Kier molecular flexibility index (Phi) is 8.43. The SMILES string of the molecule is COCCn1cc(C(=O)N2CCC(c3cc(CNC(=O)C(F)(F)F)ccc3F)CC2)c2c(C(F)(F)F)cccc21. The van der Waals surface area contributed by atoms with Crippen LogP contribution in [0.3, 0.4) is 0 Å². The first-order chi connectivity index (χ1) is 18.8. The van der Waals surface area contributed by atoms with E-state index in [0.29, 0.717) is 0 Å². The first-order valence-electron chi connectivity index (χ1n) is 12.4. The fourth-order valence-electron chi connectivity index (χ4n) is 4.99. The van der Waals surface area contributed by atoms with Crippen molar-refractivity contribution in [2.45, 2.75) is 44.2 Å². The van der Waals surface area contributed by atoms with Gasteiger partial charge in [0.15, 0.2) is 0 Å². The fraction of sp³-hybridized carbons (Fsp3) is 0.407. The third-order valence-corrected chi connectivity index (χ3v) is 6.97. The van der Waals surface area contributed by atoms with Gasteiger partial charge in [-0.3, -0.25) is 9.59 Å². The highest BCUT2D eigenvalue weighted by atomic mass is 19.4. The summed E-state index contributed by atoms with van der Waals surface area (Å²) in [4.78, 5) is 26.0. The topological polar surface area (TPSA) is 63.6 Å². The van der Waals surface area contributed by atoms with Crippen LogP contribution in [0, 0.1) is 5.82 Å². The third kappa shape index (κ3) is 6.24. The predicted molar refractivity (Wildman–Crippen MR) is 131 cm³/mol. The monoisotopic (exact) mass is 573 g/mol. The molecule has 0 atom stereocenters. The number of hydrogen-bond donors (Lipinski definition) is 1. The van der Waals surface area contributed by atoms with Crippen molar-refractivity contribution in [1.82, 2.24) is 14.8 Å². The summed E-state index contributed by atoms with van der Waals surface area (Å²) in [6, 6.07) is 7.48. The number of carbonyl (C=O) groups excluding carboxylic acids is 2. The van der Waals surface area contributed by atoms with E-state index < -0.39 is 42.1 Å². The minimum absolute atomic E-state index is 0.0916. The van der Waals surface area contributed by atoms with Crippen LogP contribution in [0.4, 0.5) is 30.7 Å². The van der Waals surface area contributed by atoms with Gasteiger partial charge in [-0.2, -0.15) is 26.3 Å². The first kappa shape index (κ1) is 29.4. The molecule has 1 aliphatic heterocycles. The molecule has 0 saturated carbocycles. The van der Waals surface area contributed by atoms with Crippen molar-refractivity contribution in [3.05, 3.63) is 70.7 Å². The van der Waals surface area contributed by atoms with E-state index in [-0.39, 0.29) is 72.6 Å². The Morgan fingerprint density at radius 2 is 1.75 bits per heavy atom. The van der Waals surface area contributed by atoms with Gasteiger partial charge in [-0.05, 0) is 48.1 Å². The summed E-state index contributed by atoms with van der Waals surface area (Å²) in [5, 5.41) is 1.55. The van der Waals surface area contributed by atoms with Crippen LogP contribution in [0.1, 0.15) is 45.8 Å². The molecule has 216 valence electrons. The smallest absolute Gasteiger partial charge is 0.383 e. The van der Waals surface area contributed by atoms with Gasteiger partial charge < -0.3 is 19.5 Å². The summed E-state index contributed by atoms with van der Waals surface area (Å²) in [6.07, 6.45) is -7.76. The van der Waals surface area contributed by atoms with Crippen LogP contribution in [0.2, 0.25) is 0 Å². The summed E-state index contributed by atoms with van der Waals surface area (Å²) < 4.78 is 100. The first-order valence-corrected chi connectivity index (χ1v) is 12.4.